The highest BCUT2D eigenvalue weighted by Crippen LogP contribution is 2.09. The molecule has 0 radical (unpaired) electrons. The van der Waals surface area contributed by atoms with Gasteiger partial charge in [-0.25, -0.2) is 0 Å². The van der Waals surface area contributed by atoms with Crippen LogP contribution in [-0.4, -0.2) is 24.6 Å². The van der Waals surface area contributed by atoms with E-state index < -0.39 is 5.97 Å². The lowest BCUT2D eigenvalue weighted by atomic mass is 10.0. The molecule has 0 saturated carbocycles. The van der Waals surface area contributed by atoms with E-state index in [9.17, 15) is 14.4 Å². The van der Waals surface area contributed by atoms with E-state index >= 15 is 0 Å². The minimum Gasteiger partial charge on any atom is -0.469 e. The van der Waals surface area contributed by atoms with Crippen molar-refractivity contribution >= 4 is 17.5 Å². The van der Waals surface area contributed by atoms with Gasteiger partial charge in [0.05, 0.1) is 13.5 Å². The topological polar surface area (TPSA) is 60.4 Å². The van der Waals surface area contributed by atoms with Gasteiger partial charge in [0.25, 0.3) is 0 Å². The maximum Gasteiger partial charge on any atom is 0.310 e. The van der Waals surface area contributed by atoms with Crippen LogP contribution < -0.4 is 0 Å². The van der Waals surface area contributed by atoms with E-state index in [0.29, 0.717) is 0 Å². The van der Waals surface area contributed by atoms with Crippen LogP contribution >= 0.6 is 0 Å². The number of carbonyl (C=O) groups excluding carboxylic acids is 3. The SMILES string of the molecule is COC(=O)CC1=CC(=O)C=CC1=O. The van der Waals surface area contributed by atoms with Crippen molar-refractivity contribution in [1.29, 1.82) is 0 Å². The third kappa shape index (κ3) is 2.37. The van der Waals surface area contributed by atoms with Gasteiger partial charge in [0, 0.05) is 5.57 Å². The Morgan fingerprint density at radius 2 is 2.08 bits per heavy atom. The Morgan fingerprint density at radius 1 is 1.38 bits per heavy atom. The predicted molar refractivity (Wildman–Crippen MR) is 43.9 cm³/mol. The molecule has 0 heterocycles. The molecule has 1 aliphatic rings. The second-order valence-electron chi connectivity index (χ2n) is 2.52. The van der Waals surface area contributed by atoms with Crippen LogP contribution in [0.3, 0.4) is 0 Å². The summed E-state index contributed by atoms with van der Waals surface area (Å²) < 4.78 is 4.37. The van der Waals surface area contributed by atoms with Gasteiger partial charge in [-0.05, 0) is 18.2 Å². The van der Waals surface area contributed by atoms with Gasteiger partial charge in [-0.3, -0.25) is 14.4 Å². The summed E-state index contributed by atoms with van der Waals surface area (Å²) in [5.41, 5.74) is 0.180. The summed E-state index contributed by atoms with van der Waals surface area (Å²) in [6.45, 7) is 0. The maximum atomic E-state index is 11.1. The van der Waals surface area contributed by atoms with Crippen LogP contribution in [0, 0.1) is 0 Å². The molecule has 0 atom stereocenters. The first-order chi connectivity index (χ1) is 6.13. The average molecular weight is 180 g/mol. The highest BCUT2D eigenvalue weighted by Gasteiger charge is 2.16. The molecule has 0 aromatic rings. The minimum atomic E-state index is -0.525. The summed E-state index contributed by atoms with van der Waals surface area (Å²) in [6, 6.07) is 0. The van der Waals surface area contributed by atoms with Gasteiger partial charge in [0.2, 0.25) is 0 Å². The zero-order valence-corrected chi connectivity index (χ0v) is 7.07. The van der Waals surface area contributed by atoms with Crippen molar-refractivity contribution in [2.45, 2.75) is 6.42 Å². The summed E-state index contributed by atoms with van der Waals surface area (Å²) in [5.74, 6) is -1.12. The molecule has 4 nitrogen and oxygen atoms in total. The lowest BCUT2D eigenvalue weighted by Gasteiger charge is -2.04. The number of hydrogen-bond acceptors (Lipinski definition) is 4. The summed E-state index contributed by atoms with van der Waals surface area (Å²) >= 11 is 0. The van der Waals surface area contributed by atoms with E-state index in [-0.39, 0.29) is 23.6 Å². The van der Waals surface area contributed by atoms with E-state index in [0.717, 1.165) is 12.2 Å². The lowest BCUT2D eigenvalue weighted by Crippen LogP contribution is -2.12. The molecule has 0 N–H and O–H groups in total. The first-order valence-corrected chi connectivity index (χ1v) is 3.67. The van der Waals surface area contributed by atoms with Crippen LogP contribution in [0.25, 0.3) is 0 Å². The molecule has 0 saturated heterocycles. The van der Waals surface area contributed by atoms with Crippen molar-refractivity contribution in [3.8, 4) is 0 Å². The zero-order chi connectivity index (χ0) is 9.84. The summed E-state index contributed by atoms with van der Waals surface area (Å²) in [6.07, 6.45) is 3.33. The molecule has 0 amide bonds. The van der Waals surface area contributed by atoms with Crippen LogP contribution in [-0.2, 0) is 19.1 Å². The molecular weight excluding hydrogens is 172 g/mol. The quantitative estimate of drug-likeness (QED) is 0.449. The van der Waals surface area contributed by atoms with Gasteiger partial charge >= 0.3 is 5.97 Å². The minimum absolute atomic E-state index is 0.147. The summed E-state index contributed by atoms with van der Waals surface area (Å²) in [7, 11) is 1.23. The number of methoxy groups -OCH3 is 1. The average Bonchev–Trinajstić information content (AvgIpc) is 2.11. The number of rotatable bonds is 2. The third-order valence-corrected chi connectivity index (χ3v) is 1.59. The molecule has 0 aromatic heterocycles. The molecule has 0 aliphatic heterocycles. The van der Waals surface area contributed by atoms with Crippen molar-refractivity contribution in [1.82, 2.24) is 0 Å². The number of carbonyl (C=O) groups is 3. The maximum absolute atomic E-state index is 11.1. The van der Waals surface area contributed by atoms with Crippen molar-refractivity contribution in [2.24, 2.45) is 0 Å². The number of allylic oxidation sites excluding steroid dienone is 3. The smallest absolute Gasteiger partial charge is 0.310 e. The van der Waals surface area contributed by atoms with E-state index in [1.165, 1.54) is 13.2 Å². The first kappa shape index (κ1) is 9.38. The molecule has 0 fully saturated rings. The second-order valence-corrected chi connectivity index (χ2v) is 2.52. The Balaban J connectivity index is 2.74. The number of ketones is 2. The fraction of sp³-hybridized carbons (Fsp3) is 0.222. The van der Waals surface area contributed by atoms with E-state index in [1.807, 2.05) is 0 Å². The third-order valence-electron chi connectivity index (χ3n) is 1.59. The van der Waals surface area contributed by atoms with Crippen molar-refractivity contribution in [2.75, 3.05) is 7.11 Å². The van der Waals surface area contributed by atoms with Crippen LogP contribution in [0.5, 0.6) is 0 Å². The predicted octanol–water partition coefficient (Wildman–Crippen LogP) is 0.184. The van der Waals surface area contributed by atoms with Gasteiger partial charge in [-0.1, -0.05) is 0 Å². The highest BCUT2D eigenvalue weighted by molar-refractivity contribution is 6.18. The van der Waals surface area contributed by atoms with Gasteiger partial charge in [-0.15, -0.1) is 0 Å². The van der Waals surface area contributed by atoms with Crippen LogP contribution in [0.2, 0.25) is 0 Å². The van der Waals surface area contributed by atoms with E-state index in [1.54, 1.807) is 0 Å². The number of esters is 1. The Bertz CT molecular complexity index is 323. The number of hydrogen-bond donors (Lipinski definition) is 0. The fourth-order valence-electron chi connectivity index (χ4n) is 0.922. The molecule has 1 aliphatic carbocycles. The fourth-order valence-corrected chi connectivity index (χ4v) is 0.922. The Morgan fingerprint density at radius 3 is 2.69 bits per heavy atom. The van der Waals surface area contributed by atoms with Crippen LogP contribution in [0.4, 0.5) is 0 Å². The Labute approximate surface area is 74.9 Å². The molecule has 4 heteroatoms. The Kier molecular flexibility index (Phi) is 2.74. The first-order valence-electron chi connectivity index (χ1n) is 3.67. The molecular formula is C9H8O4. The molecule has 0 unspecified atom stereocenters. The van der Waals surface area contributed by atoms with Crippen LogP contribution in [0.15, 0.2) is 23.8 Å². The highest BCUT2D eigenvalue weighted by atomic mass is 16.5. The van der Waals surface area contributed by atoms with Crippen molar-refractivity contribution in [3.63, 3.8) is 0 Å². The van der Waals surface area contributed by atoms with Crippen LogP contribution in [0.1, 0.15) is 6.42 Å². The second kappa shape index (κ2) is 3.80. The molecule has 68 valence electrons. The molecule has 0 bridgehead atoms. The standard InChI is InChI=1S/C9H8O4/c1-13-9(12)5-6-4-7(10)2-3-8(6)11/h2-4H,5H2,1H3. The molecule has 1 rings (SSSR count). The molecule has 0 spiro atoms. The largest absolute Gasteiger partial charge is 0.469 e. The summed E-state index contributed by atoms with van der Waals surface area (Å²) in [4.78, 5) is 32.7. The zero-order valence-electron chi connectivity index (χ0n) is 7.07. The van der Waals surface area contributed by atoms with E-state index in [4.69, 9.17) is 0 Å². The monoisotopic (exact) mass is 180 g/mol. The van der Waals surface area contributed by atoms with Crippen molar-refractivity contribution in [3.05, 3.63) is 23.8 Å². The van der Waals surface area contributed by atoms with Gasteiger partial charge in [0.15, 0.2) is 11.6 Å². The van der Waals surface area contributed by atoms with E-state index in [2.05, 4.69) is 4.74 Å². The van der Waals surface area contributed by atoms with Gasteiger partial charge in [0.1, 0.15) is 0 Å². The van der Waals surface area contributed by atoms with Gasteiger partial charge in [-0.2, -0.15) is 0 Å². The normalized spacial score (nSPS) is 15.6. The Hall–Kier alpha value is -1.71. The number of ether oxygens (including phenoxy) is 1. The molecule has 13 heavy (non-hydrogen) atoms. The van der Waals surface area contributed by atoms with Gasteiger partial charge < -0.3 is 4.74 Å². The van der Waals surface area contributed by atoms with Crippen molar-refractivity contribution < 1.29 is 19.1 Å². The summed E-state index contributed by atoms with van der Waals surface area (Å²) in [5, 5.41) is 0. The lowest BCUT2D eigenvalue weighted by molar-refractivity contribution is -0.140. The molecule has 0 aromatic carbocycles.